The summed E-state index contributed by atoms with van der Waals surface area (Å²) in [5.74, 6) is 0. The molecule has 0 radical (unpaired) electrons. The van der Waals surface area contributed by atoms with E-state index in [9.17, 15) is 8.42 Å². The van der Waals surface area contributed by atoms with E-state index >= 15 is 0 Å². The van der Waals surface area contributed by atoms with Crippen LogP contribution >= 0.6 is 0 Å². The zero-order chi connectivity index (χ0) is 12.5. The molecule has 1 aliphatic rings. The molecule has 0 bridgehead atoms. The van der Waals surface area contributed by atoms with Gasteiger partial charge in [0.25, 0.3) is 10.0 Å². The second-order valence-electron chi connectivity index (χ2n) is 4.14. The van der Waals surface area contributed by atoms with Crippen LogP contribution in [0.15, 0.2) is 17.6 Å². The van der Waals surface area contributed by atoms with Crippen LogP contribution in [0.2, 0.25) is 0 Å². The lowest BCUT2D eigenvalue weighted by Gasteiger charge is -2.20. The van der Waals surface area contributed by atoms with E-state index in [1.165, 1.54) is 16.8 Å². The summed E-state index contributed by atoms with van der Waals surface area (Å²) in [6, 6.07) is -0.299. The molecule has 7 heteroatoms. The minimum absolute atomic E-state index is 0.0692. The van der Waals surface area contributed by atoms with Crippen molar-refractivity contribution in [2.75, 3.05) is 13.2 Å². The molecular formula is C10H17N3O3S. The van der Waals surface area contributed by atoms with Crippen LogP contribution in [0, 0.1) is 0 Å². The molecule has 0 spiro atoms. The van der Waals surface area contributed by atoms with Crippen LogP contribution in [-0.4, -0.2) is 46.6 Å². The smallest absolute Gasteiger partial charge is 0.262 e. The molecule has 1 aromatic rings. The Kier molecular flexibility index (Phi) is 3.50. The summed E-state index contributed by atoms with van der Waals surface area (Å²) in [6.45, 7) is 2.94. The fourth-order valence-electron chi connectivity index (χ4n) is 2.07. The van der Waals surface area contributed by atoms with Gasteiger partial charge >= 0.3 is 0 Å². The highest BCUT2D eigenvalue weighted by Crippen LogP contribution is 2.24. The van der Waals surface area contributed by atoms with E-state index in [0.29, 0.717) is 19.5 Å². The van der Waals surface area contributed by atoms with Gasteiger partial charge in [-0.3, -0.25) is 0 Å². The molecule has 96 valence electrons. The van der Waals surface area contributed by atoms with Crippen LogP contribution in [0.1, 0.15) is 19.8 Å². The number of aliphatic hydroxyl groups is 1. The van der Waals surface area contributed by atoms with Crippen molar-refractivity contribution in [2.45, 2.75) is 37.4 Å². The molecule has 0 amide bonds. The molecule has 0 aromatic carbocycles. The van der Waals surface area contributed by atoms with Crippen molar-refractivity contribution < 1.29 is 13.5 Å². The number of rotatable bonds is 4. The van der Waals surface area contributed by atoms with Crippen molar-refractivity contribution in [3.63, 3.8) is 0 Å². The second kappa shape index (κ2) is 4.75. The third-order valence-electron chi connectivity index (χ3n) is 3.08. The summed E-state index contributed by atoms with van der Waals surface area (Å²) in [5, 5.41) is 9.24. The Morgan fingerprint density at radius 3 is 2.94 bits per heavy atom. The Balaban J connectivity index is 2.29. The molecule has 0 saturated carbocycles. The standard InChI is InChI=1S/C10H17N3O3S/c1-2-12-6-10(11-8-12)17(15,16)13-5-3-4-9(13)7-14/h6,8-9,14H,2-5,7H2,1H3. The van der Waals surface area contributed by atoms with Gasteiger partial charge < -0.3 is 9.67 Å². The highest BCUT2D eigenvalue weighted by atomic mass is 32.2. The molecule has 17 heavy (non-hydrogen) atoms. The number of aliphatic hydroxyl groups excluding tert-OH is 1. The van der Waals surface area contributed by atoms with Crippen molar-refractivity contribution in [1.82, 2.24) is 13.9 Å². The van der Waals surface area contributed by atoms with E-state index in [4.69, 9.17) is 5.11 Å². The quantitative estimate of drug-likeness (QED) is 0.829. The van der Waals surface area contributed by atoms with Crippen molar-refractivity contribution >= 4 is 10.0 Å². The second-order valence-corrected chi connectivity index (χ2v) is 5.97. The van der Waals surface area contributed by atoms with Crippen LogP contribution in [0.5, 0.6) is 0 Å². The van der Waals surface area contributed by atoms with Crippen LogP contribution in [0.4, 0.5) is 0 Å². The zero-order valence-corrected chi connectivity index (χ0v) is 10.6. The van der Waals surface area contributed by atoms with E-state index in [0.717, 1.165) is 6.42 Å². The maximum absolute atomic E-state index is 12.3. The molecule has 1 aromatic heterocycles. The minimum Gasteiger partial charge on any atom is -0.395 e. The van der Waals surface area contributed by atoms with Crippen molar-refractivity contribution in [1.29, 1.82) is 0 Å². The molecule has 1 N–H and O–H groups in total. The van der Waals surface area contributed by atoms with Crippen LogP contribution in [-0.2, 0) is 16.6 Å². The lowest BCUT2D eigenvalue weighted by atomic mass is 10.2. The number of sulfonamides is 1. The average molecular weight is 259 g/mol. The largest absolute Gasteiger partial charge is 0.395 e. The van der Waals surface area contributed by atoms with E-state index in [2.05, 4.69) is 4.98 Å². The molecule has 1 atom stereocenters. The number of hydrogen-bond acceptors (Lipinski definition) is 4. The predicted octanol–water partition coefficient (Wildman–Crippen LogP) is 0.0484. The first-order chi connectivity index (χ1) is 8.09. The van der Waals surface area contributed by atoms with Gasteiger partial charge in [-0.2, -0.15) is 4.31 Å². The topological polar surface area (TPSA) is 75.4 Å². The summed E-state index contributed by atoms with van der Waals surface area (Å²) < 4.78 is 27.6. The molecule has 0 aliphatic carbocycles. The summed E-state index contributed by atoms with van der Waals surface area (Å²) in [6.07, 6.45) is 4.54. The Morgan fingerprint density at radius 1 is 1.59 bits per heavy atom. The molecule has 6 nitrogen and oxygen atoms in total. The van der Waals surface area contributed by atoms with Gasteiger partial charge in [-0.15, -0.1) is 0 Å². The molecular weight excluding hydrogens is 242 g/mol. The third-order valence-corrected chi connectivity index (χ3v) is 4.92. The summed E-state index contributed by atoms with van der Waals surface area (Å²) in [7, 11) is -3.55. The molecule has 1 saturated heterocycles. The van der Waals surface area contributed by atoms with Crippen molar-refractivity contribution in [3.05, 3.63) is 12.5 Å². The van der Waals surface area contributed by atoms with Gasteiger partial charge in [0.1, 0.15) is 0 Å². The lowest BCUT2D eigenvalue weighted by molar-refractivity contribution is 0.213. The number of aromatic nitrogens is 2. The molecule has 2 rings (SSSR count). The van der Waals surface area contributed by atoms with Crippen molar-refractivity contribution in [2.24, 2.45) is 0 Å². The predicted molar refractivity (Wildman–Crippen MR) is 61.9 cm³/mol. The van der Waals surface area contributed by atoms with E-state index in [1.54, 1.807) is 4.57 Å². The van der Waals surface area contributed by atoms with Gasteiger partial charge in [0.15, 0.2) is 5.03 Å². The summed E-state index contributed by atoms with van der Waals surface area (Å²) in [5.41, 5.74) is 0. The monoisotopic (exact) mass is 259 g/mol. The van der Waals surface area contributed by atoms with Crippen LogP contribution < -0.4 is 0 Å². The van der Waals surface area contributed by atoms with Gasteiger partial charge in [-0.05, 0) is 19.8 Å². The first-order valence-electron chi connectivity index (χ1n) is 5.74. The Bertz CT molecular complexity index is 483. The normalized spacial score (nSPS) is 22.1. The lowest BCUT2D eigenvalue weighted by Crippen LogP contribution is -2.37. The number of nitrogens with zero attached hydrogens (tertiary/aromatic N) is 3. The fraction of sp³-hybridized carbons (Fsp3) is 0.700. The number of imidazole rings is 1. The Hall–Kier alpha value is -0.920. The Morgan fingerprint density at radius 2 is 2.35 bits per heavy atom. The molecule has 2 heterocycles. The van der Waals surface area contributed by atoms with E-state index in [-0.39, 0.29) is 17.7 Å². The van der Waals surface area contributed by atoms with Gasteiger partial charge in [-0.25, -0.2) is 13.4 Å². The van der Waals surface area contributed by atoms with E-state index in [1.807, 2.05) is 6.92 Å². The van der Waals surface area contributed by atoms with Gasteiger partial charge in [0.05, 0.1) is 12.9 Å². The zero-order valence-electron chi connectivity index (χ0n) is 9.78. The molecule has 1 fully saturated rings. The highest BCUT2D eigenvalue weighted by molar-refractivity contribution is 7.89. The van der Waals surface area contributed by atoms with Gasteiger partial charge in [-0.1, -0.05) is 0 Å². The third kappa shape index (κ3) is 2.22. The first-order valence-corrected chi connectivity index (χ1v) is 7.18. The molecule has 1 unspecified atom stereocenters. The molecule has 1 aliphatic heterocycles. The fourth-order valence-corrected chi connectivity index (χ4v) is 3.70. The average Bonchev–Trinajstić information content (AvgIpc) is 2.97. The van der Waals surface area contributed by atoms with Gasteiger partial charge in [0, 0.05) is 25.3 Å². The highest BCUT2D eigenvalue weighted by Gasteiger charge is 2.36. The summed E-state index contributed by atoms with van der Waals surface area (Å²) >= 11 is 0. The number of aryl methyl sites for hydroxylation is 1. The number of hydrogen-bond donors (Lipinski definition) is 1. The maximum atomic E-state index is 12.3. The Labute approximate surface area is 101 Å². The summed E-state index contributed by atoms with van der Waals surface area (Å²) in [4.78, 5) is 3.92. The van der Waals surface area contributed by atoms with Crippen molar-refractivity contribution in [3.8, 4) is 0 Å². The van der Waals surface area contributed by atoms with Gasteiger partial charge in [0.2, 0.25) is 0 Å². The van der Waals surface area contributed by atoms with Crippen LogP contribution in [0.25, 0.3) is 0 Å². The maximum Gasteiger partial charge on any atom is 0.262 e. The minimum atomic E-state index is -3.55. The SMILES string of the molecule is CCn1cnc(S(=O)(=O)N2CCCC2CO)c1. The first kappa shape index (κ1) is 12.5. The van der Waals surface area contributed by atoms with Crippen LogP contribution in [0.3, 0.4) is 0 Å². The van der Waals surface area contributed by atoms with E-state index < -0.39 is 10.0 Å².